The molecule has 4 aromatic rings. The second-order valence-corrected chi connectivity index (χ2v) is 7.78. The monoisotopic (exact) mass is 401 g/mol. The molecule has 0 radical (unpaired) electrons. The van der Waals surface area contributed by atoms with Crippen molar-refractivity contribution in [2.45, 2.75) is 38.3 Å². The van der Waals surface area contributed by atoms with Crippen molar-refractivity contribution in [2.75, 3.05) is 10.6 Å². The zero-order valence-electron chi connectivity index (χ0n) is 16.7. The van der Waals surface area contributed by atoms with Gasteiger partial charge in [-0.2, -0.15) is 4.98 Å². The highest BCUT2D eigenvalue weighted by molar-refractivity contribution is 5.73. The van der Waals surface area contributed by atoms with Crippen molar-refractivity contribution in [2.24, 2.45) is 0 Å². The molecule has 0 aromatic carbocycles. The van der Waals surface area contributed by atoms with Crippen LogP contribution in [-0.4, -0.2) is 36.6 Å². The molecule has 0 spiro atoms. The molecule has 30 heavy (non-hydrogen) atoms. The number of imidazole rings is 1. The third-order valence-corrected chi connectivity index (χ3v) is 5.45. The highest BCUT2D eigenvalue weighted by Gasteiger charge is 2.25. The number of hydrogen-bond acceptors (Lipinski definition) is 6. The van der Waals surface area contributed by atoms with Crippen LogP contribution in [0.4, 0.5) is 11.8 Å². The molecule has 1 saturated carbocycles. The molecule has 1 aliphatic rings. The first-order chi connectivity index (χ1) is 14.6. The van der Waals surface area contributed by atoms with Gasteiger partial charge in [0.1, 0.15) is 5.82 Å². The molecule has 4 aromatic heterocycles. The fourth-order valence-corrected chi connectivity index (χ4v) is 3.97. The van der Waals surface area contributed by atoms with E-state index in [9.17, 15) is 4.79 Å². The van der Waals surface area contributed by atoms with Crippen molar-refractivity contribution in [3.05, 3.63) is 70.9 Å². The van der Waals surface area contributed by atoms with Crippen LogP contribution in [0.15, 0.2) is 59.8 Å². The Morgan fingerprint density at radius 1 is 1.07 bits per heavy atom. The van der Waals surface area contributed by atoms with Gasteiger partial charge in [0.15, 0.2) is 5.65 Å². The van der Waals surface area contributed by atoms with Gasteiger partial charge in [-0.15, -0.1) is 0 Å². The highest BCUT2D eigenvalue weighted by Crippen LogP contribution is 2.25. The summed E-state index contributed by atoms with van der Waals surface area (Å²) in [6.07, 6.45) is 8.38. The SMILES string of the molecule is Cc1cnc2nc(N[C@H]3CC[C@H](Nc4ccc(-n5ccccc5=O)cn4)C3)[nH]c2c1. The van der Waals surface area contributed by atoms with E-state index < -0.39 is 0 Å². The summed E-state index contributed by atoms with van der Waals surface area (Å²) in [6, 6.07) is 11.7. The summed E-state index contributed by atoms with van der Waals surface area (Å²) >= 11 is 0. The van der Waals surface area contributed by atoms with Crippen molar-refractivity contribution in [3.63, 3.8) is 0 Å². The van der Waals surface area contributed by atoms with Crippen LogP contribution in [0.25, 0.3) is 16.9 Å². The first kappa shape index (κ1) is 18.4. The van der Waals surface area contributed by atoms with Gasteiger partial charge >= 0.3 is 0 Å². The number of rotatable bonds is 5. The Balaban J connectivity index is 1.21. The van der Waals surface area contributed by atoms with Crippen molar-refractivity contribution in [1.29, 1.82) is 0 Å². The van der Waals surface area contributed by atoms with Crippen molar-refractivity contribution in [1.82, 2.24) is 24.5 Å². The van der Waals surface area contributed by atoms with Gasteiger partial charge in [-0.1, -0.05) is 6.07 Å². The summed E-state index contributed by atoms with van der Waals surface area (Å²) in [5, 5.41) is 7.00. The summed E-state index contributed by atoms with van der Waals surface area (Å²) < 4.78 is 1.58. The van der Waals surface area contributed by atoms with Gasteiger partial charge in [0, 0.05) is 30.5 Å². The Morgan fingerprint density at radius 2 is 1.93 bits per heavy atom. The van der Waals surface area contributed by atoms with Crippen molar-refractivity contribution in [3.8, 4) is 5.69 Å². The summed E-state index contributed by atoms with van der Waals surface area (Å²) in [7, 11) is 0. The van der Waals surface area contributed by atoms with Gasteiger partial charge in [-0.3, -0.25) is 9.36 Å². The number of H-pyrrole nitrogens is 1. The molecule has 0 amide bonds. The maximum atomic E-state index is 11.9. The van der Waals surface area contributed by atoms with E-state index in [1.165, 1.54) is 6.07 Å². The average molecular weight is 401 g/mol. The number of pyridine rings is 3. The van der Waals surface area contributed by atoms with E-state index >= 15 is 0 Å². The Bertz CT molecular complexity index is 1230. The summed E-state index contributed by atoms with van der Waals surface area (Å²) in [4.78, 5) is 28.6. The number of aromatic amines is 1. The van der Waals surface area contributed by atoms with Crippen LogP contribution in [0.3, 0.4) is 0 Å². The van der Waals surface area contributed by atoms with Crippen LogP contribution in [0, 0.1) is 6.92 Å². The molecule has 0 unspecified atom stereocenters. The van der Waals surface area contributed by atoms with Crippen LogP contribution in [0.1, 0.15) is 24.8 Å². The smallest absolute Gasteiger partial charge is 0.255 e. The molecule has 0 bridgehead atoms. The molecule has 3 N–H and O–H groups in total. The lowest BCUT2D eigenvalue weighted by atomic mass is 10.2. The predicted octanol–water partition coefficient (Wildman–Crippen LogP) is 3.26. The van der Waals surface area contributed by atoms with Crippen LogP contribution < -0.4 is 16.2 Å². The van der Waals surface area contributed by atoms with Gasteiger partial charge in [0.25, 0.3) is 5.56 Å². The van der Waals surface area contributed by atoms with Gasteiger partial charge in [0.05, 0.1) is 17.4 Å². The van der Waals surface area contributed by atoms with E-state index in [1.54, 1.807) is 23.0 Å². The molecule has 0 saturated heterocycles. The maximum Gasteiger partial charge on any atom is 0.255 e. The molecule has 8 heteroatoms. The minimum Gasteiger partial charge on any atom is -0.367 e. The first-order valence-corrected chi connectivity index (χ1v) is 10.1. The Hall–Kier alpha value is -3.68. The minimum absolute atomic E-state index is 0.0688. The second-order valence-electron chi connectivity index (χ2n) is 7.78. The van der Waals surface area contributed by atoms with E-state index in [-0.39, 0.29) is 5.56 Å². The molecule has 4 heterocycles. The zero-order chi connectivity index (χ0) is 20.5. The standard InChI is InChI=1S/C22H23N7O/c1-14-10-18-21(24-12-14)28-22(27-18)26-16-6-5-15(11-16)25-19-8-7-17(13-23-19)29-9-3-2-4-20(29)30/h2-4,7-10,12-13,15-16H,5-6,11H2,1H3,(H,23,25)(H2,24,26,27,28)/t15-,16-/m0/s1. The number of aromatic nitrogens is 5. The lowest BCUT2D eigenvalue weighted by molar-refractivity contribution is 0.718. The van der Waals surface area contributed by atoms with Crippen LogP contribution in [0.5, 0.6) is 0 Å². The van der Waals surface area contributed by atoms with E-state index in [2.05, 4.69) is 36.6 Å². The Kier molecular flexibility index (Phi) is 4.66. The fourth-order valence-electron chi connectivity index (χ4n) is 3.97. The van der Waals surface area contributed by atoms with Crippen molar-refractivity contribution < 1.29 is 0 Å². The summed E-state index contributed by atoms with van der Waals surface area (Å²) in [5.74, 6) is 1.58. The maximum absolute atomic E-state index is 11.9. The second kappa shape index (κ2) is 7.62. The first-order valence-electron chi connectivity index (χ1n) is 10.1. The third-order valence-electron chi connectivity index (χ3n) is 5.45. The lowest BCUT2D eigenvalue weighted by Crippen LogP contribution is -2.21. The molecule has 5 rings (SSSR count). The van der Waals surface area contributed by atoms with E-state index in [0.29, 0.717) is 12.1 Å². The molecular weight excluding hydrogens is 378 g/mol. The quantitative estimate of drug-likeness (QED) is 0.475. The van der Waals surface area contributed by atoms with Gasteiger partial charge in [-0.25, -0.2) is 9.97 Å². The number of anilines is 2. The highest BCUT2D eigenvalue weighted by atomic mass is 16.1. The minimum atomic E-state index is -0.0688. The summed E-state index contributed by atoms with van der Waals surface area (Å²) in [6.45, 7) is 2.02. The number of nitrogens with one attached hydrogen (secondary N) is 3. The van der Waals surface area contributed by atoms with Gasteiger partial charge in [-0.05, 0) is 56.0 Å². The lowest BCUT2D eigenvalue weighted by Gasteiger charge is -2.15. The van der Waals surface area contributed by atoms with Gasteiger partial charge < -0.3 is 15.6 Å². The number of fused-ring (bicyclic) bond motifs is 1. The number of aryl methyl sites for hydroxylation is 1. The largest absolute Gasteiger partial charge is 0.367 e. The Labute approximate surface area is 173 Å². The van der Waals surface area contributed by atoms with E-state index in [0.717, 1.165) is 53.4 Å². The Morgan fingerprint density at radius 3 is 2.73 bits per heavy atom. The molecule has 8 nitrogen and oxygen atoms in total. The van der Waals surface area contributed by atoms with E-state index in [4.69, 9.17) is 0 Å². The van der Waals surface area contributed by atoms with Crippen LogP contribution >= 0.6 is 0 Å². The predicted molar refractivity (Wildman–Crippen MR) is 117 cm³/mol. The number of nitrogens with zero attached hydrogens (tertiary/aromatic N) is 4. The van der Waals surface area contributed by atoms with Gasteiger partial charge in [0.2, 0.25) is 5.95 Å². The molecule has 2 atom stereocenters. The average Bonchev–Trinajstić information content (AvgIpc) is 3.35. The topological polar surface area (TPSA) is 101 Å². The number of hydrogen-bond donors (Lipinski definition) is 3. The van der Waals surface area contributed by atoms with Crippen LogP contribution in [0.2, 0.25) is 0 Å². The normalized spacial score (nSPS) is 18.6. The fraction of sp³-hybridized carbons (Fsp3) is 0.273. The van der Waals surface area contributed by atoms with Crippen molar-refractivity contribution >= 4 is 22.9 Å². The van der Waals surface area contributed by atoms with Crippen LogP contribution in [-0.2, 0) is 0 Å². The summed E-state index contributed by atoms with van der Waals surface area (Å²) in [5.41, 5.74) is 3.48. The molecule has 1 aliphatic carbocycles. The molecular formula is C22H23N7O. The molecule has 1 fully saturated rings. The molecule has 0 aliphatic heterocycles. The molecule has 152 valence electrons. The third kappa shape index (κ3) is 3.76. The van der Waals surface area contributed by atoms with E-state index in [1.807, 2.05) is 31.3 Å². The zero-order valence-corrected chi connectivity index (χ0v) is 16.7.